The summed E-state index contributed by atoms with van der Waals surface area (Å²) in [4.78, 5) is 51.0. The molecule has 4 heterocycles. The van der Waals surface area contributed by atoms with Crippen LogP contribution in [0.3, 0.4) is 0 Å². The van der Waals surface area contributed by atoms with E-state index < -0.39 is 35.1 Å². The number of likely N-dealkylation sites (tertiary alicyclic amines) is 1. The molecule has 42 heavy (non-hydrogen) atoms. The van der Waals surface area contributed by atoms with Crippen molar-refractivity contribution in [1.29, 1.82) is 0 Å². The monoisotopic (exact) mass is 588 g/mol. The molecule has 3 amide bonds. The minimum atomic E-state index is -1.16. The van der Waals surface area contributed by atoms with Gasteiger partial charge in [-0.2, -0.15) is 0 Å². The molecule has 4 aliphatic rings. The van der Waals surface area contributed by atoms with Crippen molar-refractivity contribution in [3.8, 4) is 0 Å². The van der Waals surface area contributed by atoms with Crippen molar-refractivity contribution in [2.75, 3.05) is 65.6 Å². The summed E-state index contributed by atoms with van der Waals surface area (Å²) >= 11 is 0. The summed E-state index contributed by atoms with van der Waals surface area (Å²) in [5.41, 5.74) is -2.05. The molecule has 0 aromatic heterocycles. The van der Waals surface area contributed by atoms with Gasteiger partial charge < -0.3 is 29.3 Å². The highest BCUT2D eigenvalue weighted by molar-refractivity contribution is 5.99. The van der Waals surface area contributed by atoms with Crippen LogP contribution >= 0.6 is 0 Å². The van der Waals surface area contributed by atoms with Crippen molar-refractivity contribution in [3.05, 3.63) is 25.3 Å². The Balaban J connectivity index is 1.77. The van der Waals surface area contributed by atoms with Gasteiger partial charge in [0.25, 0.3) is 0 Å². The van der Waals surface area contributed by atoms with Crippen molar-refractivity contribution in [2.24, 2.45) is 23.7 Å². The Morgan fingerprint density at radius 3 is 2.29 bits per heavy atom. The quantitative estimate of drug-likeness (QED) is 0.309. The van der Waals surface area contributed by atoms with Crippen molar-refractivity contribution in [1.82, 2.24) is 19.6 Å². The Morgan fingerprint density at radius 1 is 1.12 bits per heavy atom. The van der Waals surface area contributed by atoms with Crippen molar-refractivity contribution in [3.63, 3.8) is 0 Å². The molecule has 0 saturated carbocycles. The fourth-order valence-electron chi connectivity index (χ4n) is 7.93. The maximum absolute atomic E-state index is 14.7. The molecular formula is C32H52N4O6. The van der Waals surface area contributed by atoms with E-state index in [1.54, 1.807) is 26.9 Å². The second-order valence-corrected chi connectivity index (χ2v) is 13.0. The standard InChI is InChI=1S/C32H52N4O6/c1-8-11-34(12-9-2)28(38)25-26-29(39)36(24(21-37)22(4)5)27(32(26)20-23(6)31(25,7)42-32)30(40)35(13-10-3)15-14-33-16-18-41-19-17-33/h8,10,22-27,37H,1,3,9,11-21H2,2,4-7H3/t23?,24-,25+,26-,27?,31-,32?/m0/s1. The highest BCUT2D eigenvalue weighted by atomic mass is 16.5. The molecule has 0 aliphatic carbocycles. The predicted molar refractivity (Wildman–Crippen MR) is 160 cm³/mol. The van der Waals surface area contributed by atoms with Gasteiger partial charge in [-0.25, -0.2) is 0 Å². The van der Waals surface area contributed by atoms with Crippen molar-refractivity contribution in [2.45, 2.75) is 70.7 Å². The largest absolute Gasteiger partial charge is 0.394 e. The van der Waals surface area contributed by atoms with E-state index in [4.69, 9.17) is 9.47 Å². The number of nitrogens with zero attached hydrogens (tertiary/aromatic N) is 4. The highest BCUT2D eigenvalue weighted by Gasteiger charge is 2.80. The second-order valence-electron chi connectivity index (χ2n) is 13.0. The molecule has 7 atom stereocenters. The minimum Gasteiger partial charge on any atom is -0.394 e. The van der Waals surface area contributed by atoms with Gasteiger partial charge >= 0.3 is 0 Å². The molecule has 3 unspecified atom stereocenters. The smallest absolute Gasteiger partial charge is 0.248 e. The topological polar surface area (TPSA) is 103 Å². The first-order chi connectivity index (χ1) is 20.0. The van der Waals surface area contributed by atoms with E-state index in [1.165, 1.54) is 0 Å². The maximum Gasteiger partial charge on any atom is 0.248 e. The van der Waals surface area contributed by atoms with E-state index in [0.29, 0.717) is 52.4 Å². The number of morpholine rings is 1. The van der Waals surface area contributed by atoms with Crippen LogP contribution in [0, 0.1) is 23.7 Å². The summed E-state index contributed by atoms with van der Waals surface area (Å²) in [5.74, 6) is -2.29. The van der Waals surface area contributed by atoms with E-state index >= 15 is 0 Å². The summed E-state index contributed by atoms with van der Waals surface area (Å²) < 4.78 is 12.4. The lowest BCUT2D eigenvalue weighted by atomic mass is 9.62. The predicted octanol–water partition coefficient (Wildman–Crippen LogP) is 1.79. The summed E-state index contributed by atoms with van der Waals surface area (Å²) in [6.07, 6.45) is 4.69. The molecule has 0 aromatic rings. The van der Waals surface area contributed by atoms with Crippen LogP contribution in [0.15, 0.2) is 25.3 Å². The van der Waals surface area contributed by atoms with Crippen molar-refractivity contribution >= 4 is 17.7 Å². The lowest BCUT2D eigenvalue weighted by molar-refractivity contribution is -0.158. The lowest BCUT2D eigenvalue weighted by Gasteiger charge is -2.41. The first-order valence-corrected chi connectivity index (χ1v) is 15.7. The van der Waals surface area contributed by atoms with Crippen LogP contribution in [-0.4, -0.2) is 131 Å². The Bertz CT molecular complexity index is 1030. The number of ether oxygens (including phenoxy) is 2. The third-order valence-electron chi connectivity index (χ3n) is 10.2. The molecule has 10 nitrogen and oxygen atoms in total. The molecule has 4 fully saturated rings. The molecule has 0 radical (unpaired) electrons. The molecule has 2 bridgehead atoms. The van der Waals surface area contributed by atoms with Gasteiger partial charge in [-0.15, -0.1) is 13.2 Å². The zero-order valence-electron chi connectivity index (χ0n) is 26.3. The van der Waals surface area contributed by atoms with E-state index in [-0.39, 0.29) is 36.2 Å². The number of hydrogen-bond acceptors (Lipinski definition) is 7. The van der Waals surface area contributed by atoms with Gasteiger partial charge in [0.15, 0.2) is 0 Å². The number of rotatable bonds is 14. The van der Waals surface area contributed by atoms with E-state index in [9.17, 15) is 19.5 Å². The van der Waals surface area contributed by atoms with Gasteiger partial charge in [0, 0.05) is 45.8 Å². The first kappa shape index (κ1) is 32.6. The van der Waals surface area contributed by atoms with Crippen LogP contribution in [-0.2, 0) is 23.9 Å². The zero-order valence-corrected chi connectivity index (χ0v) is 26.3. The molecule has 1 spiro atoms. The molecule has 1 N–H and O–H groups in total. The van der Waals surface area contributed by atoms with E-state index in [0.717, 1.165) is 19.5 Å². The number of amides is 3. The Labute approximate surface area is 251 Å². The number of carbonyl (C=O) groups excluding carboxylic acids is 3. The van der Waals surface area contributed by atoms with E-state index in [1.807, 2.05) is 27.7 Å². The van der Waals surface area contributed by atoms with Crippen molar-refractivity contribution < 1.29 is 29.0 Å². The number of hydrogen-bond donors (Lipinski definition) is 1. The first-order valence-electron chi connectivity index (χ1n) is 15.7. The maximum atomic E-state index is 14.7. The van der Waals surface area contributed by atoms with Gasteiger partial charge in [-0.05, 0) is 31.6 Å². The zero-order chi connectivity index (χ0) is 30.8. The third kappa shape index (κ3) is 5.44. The highest BCUT2D eigenvalue weighted by Crippen LogP contribution is 2.66. The average molecular weight is 589 g/mol. The number of aliphatic hydroxyl groups excluding tert-OH is 1. The minimum absolute atomic E-state index is 0.0502. The molecule has 0 aromatic carbocycles. The Morgan fingerprint density at radius 2 is 1.74 bits per heavy atom. The normalized spacial score (nSPS) is 33.1. The SMILES string of the molecule is C=CCN(CCN1CCOCC1)C(=O)C1N([C@@H](CO)C(C)C)C(=O)[C@@H]2[C@H](C(=O)N(CC=C)CCC)[C@@]3(C)OC12CC3C. The van der Waals surface area contributed by atoms with Crippen LogP contribution in [0.2, 0.25) is 0 Å². The summed E-state index contributed by atoms with van der Waals surface area (Å²) in [5, 5.41) is 10.5. The Hall–Kier alpha value is -2.27. The molecule has 4 aliphatic heterocycles. The van der Waals surface area contributed by atoms with Gasteiger partial charge in [0.1, 0.15) is 11.6 Å². The van der Waals surface area contributed by atoms with Crippen LogP contribution < -0.4 is 0 Å². The fraction of sp³-hybridized carbons (Fsp3) is 0.781. The third-order valence-corrected chi connectivity index (χ3v) is 10.2. The summed E-state index contributed by atoms with van der Waals surface area (Å²) in [6.45, 7) is 22.7. The number of carbonyl (C=O) groups is 3. The fourth-order valence-corrected chi connectivity index (χ4v) is 7.93. The number of fused-ring (bicyclic) bond motifs is 1. The lowest BCUT2D eigenvalue weighted by Crippen LogP contribution is -2.60. The molecule has 236 valence electrons. The van der Waals surface area contributed by atoms with Gasteiger partial charge in [0.2, 0.25) is 17.7 Å². The van der Waals surface area contributed by atoms with Gasteiger partial charge in [-0.1, -0.05) is 39.8 Å². The molecule has 4 rings (SSSR count). The Kier molecular flexibility index (Phi) is 10.2. The van der Waals surface area contributed by atoms with Crippen LogP contribution in [0.5, 0.6) is 0 Å². The molecule has 10 heteroatoms. The van der Waals surface area contributed by atoms with Gasteiger partial charge in [-0.3, -0.25) is 19.3 Å². The van der Waals surface area contributed by atoms with Gasteiger partial charge in [0.05, 0.1) is 43.3 Å². The summed E-state index contributed by atoms with van der Waals surface area (Å²) in [7, 11) is 0. The number of aliphatic hydroxyl groups is 1. The molecule has 4 saturated heterocycles. The molecular weight excluding hydrogens is 536 g/mol. The average Bonchev–Trinajstić information content (AvgIpc) is 3.47. The van der Waals surface area contributed by atoms with E-state index in [2.05, 4.69) is 25.0 Å². The second kappa shape index (κ2) is 13.2. The summed E-state index contributed by atoms with van der Waals surface area (Å²) in [6, 6.07) is -1.53. The van der Waals surface area contributed by atoms with Crippen LogP contribution in [0.25, 0.3) is 0 Å². The van der Waals surface area contributed by atoms with Crippen LogP contribution in [0.4, 0.5) is 0 Å². The van der Waals surface area contributed by atoms with Crippen LogP contribution in [0.1, 0.15) is 47.5 Å².